The lowest BCUT2D eigenvalue weighted by Crippen LogP contribution is -2.29. The van der Waals surface area contributed by atoms with Crippen molar-refractivity contribution >= 4 is 69.2 Å². The first-order chi connectivity index (χ1) is 22.9. The number of hydrogen-bond acceptors (Lipinski definition) is 13. The number of amides is 1. The number of hydrogen-bond donors (Lipinski definition) is 2. The molecule has 2 aromatic rings. The minimum atomic E-state index is -0.981. The third-order valence-electron chi connectivity index (χ3n) is 6.16. The zero-order valence-corrected chi connectivity index (χ0v) is 34.2. The van der Waals surface area contributed by atoms with E-state index in [2.05, 4.69) is 60.0 Å². The van der Waals surface area contributed by atoms with E-state index in [9.17, 15) is 24.0 Å². The molecule has 0 aromatic heterocycles. The fourth-order valence-electron chi connectivity index (χ4n) is 3.78. The van der Waals surface area contributed by atoms with E-state index in [1.165, 1.54) is 23.8 Å². The molecular weight excluding hydrogens is 720 g/mol. The summed E-state index contributed by atoms with van der Waals surface area (Å²) in [5, 5.41) is 2.39. The van der Waals surface area contributed by atoms with Crippen LogP contribution in [0.1, 0.15) is 39.0 Å². The Morgan fingerprint density at radius 3 is 1.76 bits per heavy atom. The van der Waals surface area contributed by atoms with Crippen molar-refractivity contribution in [2.24, 2.45) is 5.92 Å². The van der Waals surface area contributed by atoms with Gasteiger partial charge in [-0.2, -0.15) is 21.1 Å². The fourth-order valence-corrected chi connectivity index (χ4v) is 8.28. The number of ether oxygens (including phenoxy) is 5. The van der Waals surface area contributed by atoms with Gasteiger partial charge < -0.3 is 35.2 Å². The number of esters is 3. The molecule has 1 aliphatic rings. The molecule has 1 amide bonds. The maximum Gasteiger partial charge on any atom is 0.415 e. The molecule has 0 radical (unpaired) electrons. The molecule has 3 atom stereocenters. The number of carbonyl (C=O) groups excluding carboxylic acids is 5. The number of methoxy groups -OCH3 is 2. The average molecular weight is 775 g/mol. The van der Waals surface area contributed by atoms with Gasteiger partial charge in [0.15, 0.2) is 5.12 Å². The average Bonchev–Trinajstić information content (AvgIpc) is 3.37. The SMILES string of the molecule is CC[C@@H](CCC(=O)OCCOC)C(=O)Sc1ccccc1.COCCOC(=O)CC[C@@H]1NC(=O)OC1=O.C[Si](C)(C)Sc1ccccc1.N.P. The monoisotopic (exact) mass is 774 g/mol. The lowest BCUT2D eigenvalue weighted by molar-refractivity contribution is -0.146. The van der Waals surface area contributed by atoms with E-state index in [1.807, 2.05) is 48.5 Å². The van der Waals surface area contributed by atoms with E-state index >= 15 is 0 Å². The summed E-state index contributed by atoms with van der Waals surface area (Å²) in [6.07, 6.45) is 0.969. The van der Waals surface area contributed by atoms with Gasteiger partial charge in [-0.25, -0.2) is 9.59 Å². The van der Waals surface area contributed by atoms with Gasteiger partial charge >= 0.3 is 24.0 Å². The van der Waals surface area contributed by atoms with Crippen LogP contribution in [0, 0.1) is 5.92 Å². The number of alkyl carbamates (subject to hydrolysis) is 1. The van der Waals surface area contributed by atoms with Crippen molar-refractivity contribution in [2.75, 3.05) is 40.6 Å². The lowest BCUT2D eigenvalue weighted by Gasteiger charge is -2.14. The second-order valence-electron chi connectivity index (χ2n) is 11.3. The smallest absolute Gasteiger partial charge is 0.415 e. The molecule has 1 fully saturated rings. The molecule has 4 N–H and O–H groups in total. The van der Waals surface area contributed by atoms with Crippen LogP contribution in [0.5, 0.6) is 0 Å². The van der Waals surface area contributed by atoms with Crippen LogP contribution in [-0.4, -0.2) is 83.0 Å². The maximum atomic E-state index is 12.2. The van der Waals surface area contributed by atoms with E-state index in [0.29, 0.717) is 19.6 Å². The van der Waals surface area contributed by atoms with E-state index in [4.69, 9.17) is 18.9 Å². The van der Waals surface area contributed by atoms with Gasteiger partial charge in [-0.15, -0.1) is 0 Å². The molecular formula is C34H55N2O10PS2Si. The van der Waals surface area contributed by atoms with Crippen LogP contribution in [0.3, 0.4) is 0 Å². The molecule has 1 saturated heterocycles. The Kier molecular flexibility index (Phi) is 28.5. The van der Waals surface area contributed by atoms with Crippen LogP contribution < -0.4 is 11.5 Å². The molecule has 3 rings (SSSR count). The van der Waals surface area contributed by atoms with E-state index in [-0.39, 0.29) is 65.5 Å². The zero-order chi connectivity index (χ0) is 35.8. The van der Waals surface area contributed by atoms with Gasteiger partial charge in [0.25, 0.3) is 0 Å². The quantitative estimate of drug-likeness (QED) is 0.0329. The van der Waals surface area contributed by atoms with Crippen molar-refractivity contribution in [1.29, 1.82) is 0 Å². The van der Waals surface area contributed by atoms with E-state index in [0.717, 1.165) is 11.3 Å². The number of carbonyl (C=O) groups is 5. The van der Waals surface area contributed by atoms with Crippen molar-refractivity contribution in [3.05, 3.63) is 60.7 Å². The van der Waals surface area contributed by atoms with Gasteiger partial charge in [0.2, 0.25) is 0 Å². The van der Waals surface area contributed by atoms with Gasteiger partial charge in [-0.05, 0) is 43.5 Å². The minimum Gasteiger partial charge on any atom is -0.463 e. The van der Waals surface area contributed by atoms with Crippen molar-refractivity contribution in [2.45, 2.75) is 74.5 Å². The van der Waals surface area contributed by atoms with Crippen LogP contribution in [0.15, 0.2) is 70.5 Å². The highest BCUT2D eigenvalue weighted by molar-refractivity contribution is 8.28. The first-order valence-electron chi connectivity index (χ1n) is 15.7. The minimum absolute atomic E-state index is 0. The summed E-state index contributed by atoms with van der Waals surface area (Å²) in [5.74, 6) is -1.49. The molecule has 0 spiro atoms. The molecule has 282 valence electrons. The Morgan fingerprint density at radius 1 is 0.820 bits per heavy atom. The summed E-state index contributed by atoms with van der Waals surface area (Å²) < 4.78 is 23.5. The van der Waals surface area contributed by atoms with Crippen molar-refractivity contribution in [1.82, 2.24) is 11.5 Å². The summed E-state index contributed by atoms with van der Waals surface area (Å²) in [7, 11) is 2.07. The van der Waals surface area contributed by atoms with E-state index < -0.39 is 31.3 Å². The molecule has 0 bridgehead atoms. The molecule has 1 heterocycles. The van der Waals surface area contributed by atoms with Crippen LogP contribution in [0.4, 0.5) is 4.79 Å². The largest absolute Gasteiger partial charge is 0.463 e. The normalized spacial score (nSPS) is 13.7. The standard InChI is InChI=1S/C16H22O4S.C9H13NO6.C9H14SSi.H3N.H3P/c1-3-13(9-10-15(17)20-12-11-19-2)16(18)21-14-7-5-4-6-8-14;1-14-4-5-15-7(11)3-2-6-8(12)16-9(13)10-6;1-11(2,3)10-9-7-5-4-6-8-9;;/h4-8,13H,3,9-12H2,1-2H3;6H,2-5H2,1H3,(H,10,13);4-8H,1-3H3;2*1H3/t13-;6-;;;/m00.../s1. The maximum absolute atomic E-state index is 12.2. The number of rotatable bonds is 17. The Labute approximate surface area is 309 Å². The van der Waals surface area contributed by atoms with E-state index in [1.54, 1.807) is 7.11 Å². The predicted octanol–water partition coefficient (Wildman–Crippen LogP) is 6.73. The summed E-state index contributed by atoms with van der Waals surface area (Å²) in [6.45, 7) is 10.2. The Morgan fingerprint density at radius 2 is 1.32 bits per heavy atom. The van der Waals surface area contributed by atoms with Gasteiger partial charge in [0.05, 0.1) is 13.2 Å². The molecule has 0 saturated carbocycles. The van der Waals surface area contributed by atoms with Crippen molar-refractivity contribution in [3.63, 3.8) is 0 Å². The first kappa shape index (κ1) is 49.3. The second kappa shape index (κ2) is 28.9. The number of benzene rings is 2. The summed E-state index contributed by atoms with van der Waals surface area (Å²) in [5.41, 5.74) is 0. The van der Waals surface area contributed by atoms with Gasteiger partial charge in [-0.3, -0.25) is 14.4 Å². The molecule has 1 unspecified atom stereocenters. The third kappa shape index (κ3) is 24.4. The molecule has 16 heteroatoms. The van der Waals surface area contributed by atoms with Crippen LogP contribution in [-0.2, 0) is 42.9 Å². The van der Waals surface area contributed by atoms with Crippen molar-refractivity contribution in [3.8, 4) is 0 Å². The summed E-state index contributed by atoms with van der Waals surface area (Å²) in [6, 6.07) is 19.4. The highest BCUT2D eigenvalue weighted by atomic mass is 32.4. The Hall–Kier alpha value is -2.78. The van der Waals surface area contributed by atoms with Gasteiger partial charge in [0, 0.05) is 42.8 Å². The third-order valence-corrected chi connectivity index (χ3v) is 10.9. The Balaban J connectivity index is 0. The highest BCUT2D eigenvalue weighted by Crippen LogP contribution is 2.28. The first-order valence-corrected chi connectivity index (χ1v) is 21.6. The van der Waals surface area contributed by atoms with Gasteiger partial charge in [0.1, 0.15) is 26.5 Å². The molecule has 50 heavy (non-hydrogen) atoms. The Bertz CT molecular complexity index is 1260. The summed E-state index contributed by atoms with van der Waals surface area (Å²) in [4.78, 5) is 58.8. The molecule has 0 aliphatic carbocycles. The molecule has 1 aliphatic heterocycles. The fraction of sp³-hybridized carbons (Fsp3) is 0.500. The van der Waals surface area contributed by atoms with Crippen LogP contribution >= 0.6 is 32.9 Å². The lowest BCUT2D eigenvalue weighted by atomic mass is 10.0. The number of nitrogens with one attached hydrogen (secondary N) is 1. The number of cyclic esters (lactones) is 2. The van der Waals surface area contributed by atoms with Crippen LogP contribution in [0.2, 0.25) is 19.6 Å². The predicted molar refractivity (Wildman–Crippen MR) is 205 cm³/mol. The second-order valence-corrected chi connectivity index (χ2v) is 21.5. The van der Waals surface area contributed by atoms with Crippen molar-refractivity contribution < 1.29 is 47.7 Å². The highest BCUT2D eigenvalue weighted by Gasteiger charge is 2.32. The van der Waals surface area contributed by atoms with Crippen LogP contribution in [0.25, 0.3) is 0 Å². The number of thioether (sulfide) groups is 1. The molecule has 2 aromatic carbocycles. The molecule has 12 nitrogen and oxygen atoms in total. The zero-order valence-electron chi connectivity index (χ0n) is 30.1. The topological polar surface area (TPSA) is 179 Å². The van der Waals surface area contributed by atoms with Gasteiger partial charge in [-0.1, -0.05) is 74.7 Å². The summed E-state index contributed by atoms with van der Waals surface area (Å²) >= 11 is 3.28.